The summed E-state index contributed by atoms with van der Waals surface area (Å²) in [5, 5.41) is 1.18. The van der Waals surface area contributed by atoms with Crippen molar-refractivity contribution >= 4 is 11.0 Å². The van der Waals surface area contributed by atoms with Gasteiger partial charge in [-0.05, 0) is 18.6 Å². The van der Waals surface area contributed by atoms with Gasteiger partial charge in [0, 0.05) is 17.3 Å². The van der Waals surface area contributed by atoms with E-state index in [-0.39, 0.29) is 0 Å². The molecule has 1 saturated carbocycles. The van der Waals surface area contributed by atoms with Crippen molar-refractivity contribution in [3.8, 4) is 0 Å². The summed E-state index contributed by atoms with van der Waals surface area (Å²) in [5.74, 6) is 1.51. The van der Waals surface area contributed by atoms with E-state index in [0.29, 0.717) is 12.0 Å². The van der Waals surface area contributed by atoms with Gasteiger partial charge >= 0.3 is 0 Å². The Hall–Kier alpha value is -1.28. The fourth-order valence-electron chi connectivity index (χ4n) is 1.73. The van der Waals surface area contributed by atoms with Crippen molar-refractivity contribution in [2.24, 2.45) is 5.73 Å². The fraction of sp³-hybridized carbons (Fsp3) is 0.273. The Morgan fingerprint density at radius 1 is 1.31 bits per heavy atom. The zero-order valence-electron chi connectivity index (χ0n) is 7.23. The van der Waals surface area contributed by atoms with E-state index < -0.39 is 0 Å². The molecule has 1 aromatic carbocycles. The second kappa shape index (κ2) is 2.36. The summed E-state index contributed by atoms with van der Waals surface area (Å²) in [6.45, 7) is 0. The third-order valence-corrected chi connectivity index (χ3v) is 2.65. The van der Waals surface area contributed by atoms with Crippen LogP contribution in [0.15, 0.2) is 34.7 Å². The minimum Gasteiger partial charge on any atom is -0.461 e. The predicted molar refractivity (Wildman–Crippen MR) is 51.5 cm³/mol. The second-order valence-electron chi connectivity index (χ2n) is 3.69. The molecular weight excluding hydrogens is 162 g/mol. The molecule has 2 unspecified atom stereocenters. The first-order valence-electron chi connectivity index (χ1n) is 4.58. The monoisotopic (exact) mass is 173 g/mol. The van der Waals surface area contributed by atoms with E-state index in [1.54, 1.807) is 0 Å². The van der Waals surface area contributed by atoms with Gasteiger partial charge in [-0.1, -0.05) is 18.2 Å². The smallest absolute Gasteiger partial charge is 0.134 e. The summed E-state index contributed by atoms with van der Waals surface area (Å²) < 4.78 is 5.68. The highest BCUT2D eigenvalue weighted by Gasteiger charge is 2.37. The van der Waals surface area contributed by atoms with Crippen LogP contribution in [0.25, 0.3) is 11.0 Å². The fourth-order valence-corrected chi connectivity index (χ4v) is 1.73. The lowest BCUT2D eigenvalue weighted by Gasteiger charge is -1.87. The van der Waals surface area contributed by atoms with E-state index in [4.69, 9.17) is 10.2 Å². The highest BCUT2D eigenvalue weighted by atomic mass is 16.3. The molecule has 0 radical (unpaired) electrons. The van der Waals surface area contributed by atoms with Gasteiger partial charge in [0.2, 0.25) is 0 Å². The van der Waals surface area contributed by atoms with E-state index in [0.717, 1.165) is 17.8 Å². The molecule has 66 valence electrons. The van der Waals surface area contributed by atoms with Gasteiger partial charge in [0.05, 0.1) is 0 Å². The standard InChI is InChI=1S/C11H11NO/c12-9-6-8(9)11-5-7-3-1-2-4-10(7)13-11/h1-5,8-9H,6,12H2. The molecule has 0 aliphatic heterocycles. The highest BCUT2D eigenvalue weighted by molar-refractivity contribution is 5.78. The summed E-state index contributed by atoms with van der Waals surface area (Å²) >= 11 is 0. The molecule has 0 bridgehead atoms. The van der Waals surface area contributed by atoms with E-state index >= 15 is 0 Å². The van der Waals surface area contributed by atoms with Crippen molar-refractivity contribution in [1.82, 2.24) is 0 Å². The Bertz CT molecular complexity index is 413. The van der Waals surface area contributed by atoms with Gasteiger partial charge in [-0.2, -0.15) is 0 Å². The predicted octanol–water partition coefficient (Wildman–Crippen LogP) is 2.25. The van der Waals surface area contributed by atoms with E-state index in [9.17, 15) is 0 Å². The van der Waals surface area contributed by atoms with Crippen molar-refractivity contribution in [1.29, 1.82) is 0 Å². The van der Waals surface area contributed by atoms with E-state index in [1.807, 2.05) is 18.2 Å². The first-order chi connectivity index (χ1) is 6.34. The molecule has 1 fully saturated rings. The zero-order valence-corrected chi connectivity index (χ0v) is 7.23. The molecule has 1 aliphatic rings. The average Bonchev–Trinajstić information content (AvgIpc) is 2.74. The van der Waals surface area contributed by atoms with Gasteiger partial charge in [0.25, 0.3) is 0 Å². The quantitative estimate of drug-likeness (QED) is 0.718. The molecule has 13 heavy (non-hydrogen) atoms. The molecule has 0 amide bonds. The SMILES string of the molecule is NC1CC1c1cc2ccccc2o1. The molecular formula is C11H11NO. The Kier molecular flexibility index (Phi) is 1.30. The molecule has 3 rings (SSSR count). The first kappa shape index (κ1) is 7.15. The zero-order chi connectivity index (χ0) is 8.84. The van der Waals surface area contributed by atoms with Gasteiger partial charge in [-0.25, -0.2) is 0 Å². The minimum atomic E-state index is 0.320. The van der Waals surface area contributed by atoms with Crippen LogP contribution in [0.4, 0.5) is 0 Å². The third-order valence-electron chi connectivity index (χ3n) is 2.65. The van der Waals surface area contributed by atoms with Gasteiger partial charge < -0.3 is 10.2 Å². The summed E-state index contributed by atoms with van der Waals surface area (Å²) in [6.07, 6.45) is 1.07. The Balaban J connectivity index is 2.12. The van der Waals surface area contributed by atoms with Crippen LogP contribution < -0.4 is 5.73 Å². The number of furan rings is 1. The summed E-state index contributed by atoms with van der Waals surface area (Å²) in [4.78, 5) is 0. The molecule has 2 aromatic rings. The maximum absolute atomic E-state index is 5.76. The lowest BCUT2D eigenvalue weighted by Crippen LogP contribution is -1.99. The van der Waals surface area contributed by atoms with E-state index in [2.05, 4.69) is 12.1 Å². The molecule has 2 atom stereocenters. The number of benzene rings is 1. The van der Waals surface area contributed by atoms with E-state index in [1.165, 1.54) is 5.39 Å². The minimum absolute atomic E-state index is 0.320. The molecule has 2 N–H and O–H groups in total. The van der Waals surface area contributed by atoms with Gasteiger partial charge in [-0.15, -0.1) is 0 Å². The van der Waals surface area contributed by atoms with Crippen molar-refractivity contribution < 1.29 is 4.42 Å². The third kappa shape index (κ3) is 1.06. The maximum atomic E-state index is 5.76. The number of hydrogen-bond acceptors (Lipinski definition) is 2. The van der Waals surface area contributed by atoms with Crippen LogP contribution in [0.2, 0.25) is 0 Å². The first-order valence-corrected chi connectivity index (χ1v) is 4.58. The van der Waals surface area contributed by atoms with Crippen molar-refractivity contribution in [2.45, 2.75) is 18.4 Å². The van der Waals surface area contributed by atoms with Crippen LogP contribution in [-0.2, 0) is 0 Å². The van der Waals surface area contributed by atoms with Crippen molar-refractivity contribution in [3.63, 3.8) is 0 Å². The summed E-state index contributed by atoms with van der Waals surface area (Å²) in [6, 6.07) is 10.5. The van der Waals surface area contributed by atoms with Crippen LogP contribution in [-0.4, -0.2) is 6.04 Å². The number of nitrogens with two attached hydrogens (primary N) is 1. The number of hydrogen-bond donors (Lipinski definition) is 1. The van der Waals surface area contributed by atoms with Crippen LogP contribution in [0.5, 0.6) is 0 Å². The molecule has 2 heteroatoms. The van der Waals surface area contributed by atoms with Crippen molar-refractivity contribution in [2.75, 3.05) is 0 Å². The topological polar surface area (TPSA) is 39.2 Å². The van der Waals surface area contributed by atoms with Gasteiger partial charge in [-0.3, -0.25) is 0 Å². The molecule has 1 aromatic heterocycles. The lowest BCUT2D eigenvalue weighted by molar-refractivity contribution is 0.549. The maximum Gasteiger partial charge on any atom is 0.134 e. The van der Waals surface area contributed by atoms with Gasteiger partial charge in [0.15, 0.2) is 0 Å². The highest BCUT2D eigenvalue weighted by Crippen LogP contribution is 2.41. The van der Waals surface area contributed by atoms with Crippen LogP contribution in [0.3, 0.4) is 0 Å². The Labute approximate surface area is 76.3 Å². The molecule has 1 heterocycles. The molecule has 0 spiro atoms. The number of fused-ring (bicyclic) bond motifs is 1. The normalized spacial score (nSPS) is 26.5. The average molecular weight is 173 g/mol. The second-order valence-corrected chi connectivity index (χ2v) is 3.69. The molecule has 0 saturated heterocycles. The number of rotatable bonds is 1. The lowest BCUT2D eigenvalue weighted by atomic mass is 10.2. The molecule has 2 nitrogen and oxygen atoms in total. The van der Waals surface area contributed by atoms with Crippen LogP contribution in [0.1, 0.15) is 18.1 Å². The number of para-hydroxylation sites is 1. The van der Waals surface area contributed by atoms with Crippen LogP contribution in [0, 0.1) is 0 Å². The van der Waals surface area contributed by atoms with Gasteiger partial charge in [0.1, 0.15) is 11.3 Å². The summed E-state index contributed by atoms with van der Waals surface area (Å²) in [5.41, 5.74) is 6.73. The Morgan fingerprint density at radius 2 is 2.08 bits per heavy atom. The van der Waals surface area contributed by atoms with Crippen LogP contribution >= 0.6 is 0 Å². The molecule has 1 aliphatic carbocycles. The Morgan fingerprint density at radius 3 is 2.77 bits per heavy atom. The van der Waals surface area contributed by atoms with Crippen molar-refractivity contribution in [3.05, 3.63) is 36.1 Å². The largest absolute Gasteiger partial charge is 0.461 e. The summed E-state index contributed by atoms with van der Waals surface area (Å²) in [7, 11) is 0.